The van der Waals surface area contributed by atoms with Crippen LogP contribution in [0.1, 0.15) is 0 Å². The van der Waals surface area contributed by atoms with Gasteiger partial charge in [0.2, 0.25) is 12.2 Å². The topological polar surface area (TPSA) is 74.7 Å². The highest BCUT2D eigenvalue weighted by Crippen LogP contribution is 2.38. The Morgan fingerprint density at radius 3 is 1.62 bits per heavy atom. The van der Waals surface area contributed by atoms with Crippen molar-refractivity contribution < 1.29 is 9.59 Å². The molecule has 102 valence electrons. The molecule has 0 amide bonds. The number of aromatic amines is 1. The van der Waals surface area contributed by atoms with E-state index in [0.29, 0.717) is 32.5 Å². The molecule has 1 heterocycles. The number of rotatable bonds is 2. The smallest absolute Gasteiger partial charge is 0.240 e. The highest BCUT2D eigenvalue weighted by Gasteiger charge is 2.12. The quantitative estimate of drug-likeness (QED) is 0.555. The van der Waals surface area contributed by atoms with Gasteiger partial charge in [0, 0.05) is 10.8 Å². The van der Waals surface area contributed by atoms with E-state index in [-0.39, 0.29) is 0 Å². The molecule has 0 atom stereocenters. The lowest BCUT2D eigenvalue weighted by molar-refractivity contribution is 0.564. The molecule has 0 fully saturated rings. The summed E-state index contributed by atoms with van der Waals surface area (Å²) in [5.41, 5.74) is 2.07. The molecular formula is C14H5Cl2N3O2. The van der Waals surface area contributed by atoms with Crippen LogP contribution in [0.5, 0.6) is 0 Å². The number of nitrogens with zero attached hydrogens (tertiary/aromatic N) is 2. The summed E-state index contributed by atoms with van der Waals surface area (Å²) < 4.78 is 0. The monoisotopic (exact) mass is 317 g/mol. The summed E-state index contributed by atoms with van der Waals surface area (Å²) in [6.45, 7) is 0. The lowest BCUT2D eigenvalue weighted by atomic mass is 10.1. The predicted molar refractivity (Wildman–Crippen MR) is 81.4 cm³/mol. The van der Waals surface area contributed by atoms with E-state index in [9.17, 15) is 9.59 Å². The van der Waals surface area contributed by atoms with Crippen molar-refractivity contribution in [3.8, 4) is 0 Å². The minimum Gasteiger partial charge on any atom is -0.352 e. The Kier molecular flexibility index (Phi) is 3.34. The van der Waals surface area contributed by atoms with Crippen LogP contribution in [0.4, 0.5) is 11.4 Å². The maximum absolute atomic E-state index is 10.4. The van der Waals surface area contributed by atoms with Gasteiger partial charge in [-0.25, -0.2) is 9.59 Å². The van der Waals surface area contributed by atoms with Gasteiger partial charge >= 0.3 is 0 Å². The third-order valence-electron chi connectivity index (χ3n) is 3.04. The number of hydrogen-bond donors (Lipinski definition) is 1. The van der Waals surface area contributed by atoms with Crippen molar-refractivity contribution >= 4 is 68.5 Å². The number of halogens is 2. The molecule has 0 spiro atoms. The van der Waals surface area contributed by atoms with Crippen molar-refractivity contribution in [3.05, 3.63) is 34.3 Å². The van der Waals surface area contributed by atoms with E-state index in [1.54, 1.807) is 24.3 Å². The fourth-order valence-electron chi connectivity index (χ4n) is 2.22. The van der Waals surface area contributed by atoms with E-state index in [0.717, 1.165) is 10.8 Å². The zero-order chi connectivity index (χ0) is 15.0. The molecule has 0 aliphatic carbocycles. The summed E-state index contributed by atoms with van der Waals surface area (Å²) in [5.74, 6) is 0. The summed E-state index contributed by atoms with van der Waals surface area (Å²) in [6, 6.07) is 6.44. The number of aliphatic imine (C=N–C) groups is 2. The fourth-order valence-corrected chi connectivity index (χ4v) is 2.74. The maximum atomic E-state index is 10.4. The summed E-state index contributed by atoms with van der Waals surface area (Å²) in [5, 5.41) is 2.23. The summed E-state index contributed by atoms with van der Waals surface area (Å²) in [7, 11) is 0. The third-order valence-corrected chi connectivity index (χ3v) is 3.64. The number of nitrogens with one attached hydrogen (secondary N) is 1. The molecule has 7 heteroatoms. The van der Waals surface area contributed by atoms with E-state index < -0.39 is 0 Å². The molecule has 5 nitrogen and oxygen atoms in total. The molecule has 0 radical (unpaired) electrons. The third kappa shape index (κ3) is 2.25. The number of fused-ring (bicyclic) bond motifs is 3. The Balaban J connectivity index is 2.48. The molecule has 1 N–H and O–H groups in total. The van der Waals surface area contributed by atoms with Crippen LogP contribution in [0, 0.1) is 0 Å². The maximum Gasteiger partial charge on any atom is 0.240 e. The van der Waals surface area contributed by atoms with Crippen LogP contribution in [-0.2, 0) is 9.59 Å². The Hall–Kier alpha value is -2.42. The Morgan fingerprint density at radius 1 is 0.810 bits per heavy atom. The molecule has 2 aromatic carbocycles. The predicted octanol–water partition coefficient (Wildman–Crippen LogP) is 4.56. The molecule has 0 unspecified atom stereocenters. The van der Waals surface area contributed by atoms with Gasteiger partial charge in [0.15, 0.2) is 0 Å². The molecular weight excluding hydrogens is 313 g/mol. The summed E-state index contributed by atoms with van der Waals surface area (Å²) in [4.78, 5) is 31.0. The van der Waals surface area contributed by atoms with Gasteiger partial charge in [-0.05, 0) is 24.3 Å². The van der Waals surface area contributed by atoms with Crippen molar-refractivity contribution in [2.24, 2.45) is 9.98 Å². The van der Waals surface area contributed by atoms with Crippen LogP contribution < -0.4 is 0 Å². The average molecular weight is 318 g/mol. The molecule has 0 aliphatic rings. The Labute approximate surface area is 127 Å². The van der Waals surface area contributed by atoms with E-state index in [1.807, 2.05) is 0 Å². The second-order valence-corrected chi connectivity index (χ2v) is 5.05. The normalized spacial score (nSPS) is 10.4. The highest BCUT2D eigenvalue weighted by molar-refractivity contribution is 6.39. The second kappa shape index (κ2) is 5.17. The minimum atomic E-state index is 0.379. The van der Waals surface area contributed by atoms with Gasteiger partial charge in [-0.2, -0.15) is 9.98 Å². The zero-order valence-electron chi connectivity index (χ0n) is 10.3. The number of aromatic nitrogens is 1. The molecule has 3 rings (SSSR count). The number of benzene rings is 2. The number of isocyanates is 2. The van der Waals surface area contributed by atoms with Gasteiger partial charge in [0.05, 0.1) is 32.5 Å². The van der Waals surface area contributed by atoms with Gasteiger partial charge in [-0.15, -0.1) is 0 Å². The first-order chi connectivity index (χ1) is 10.1. The van der Waals surface area contributed by atoms with E-state index in [2.05, 4.69) is 15.0 Å². The first kappa shape index (κ1) is 13.6. The molecule has 0 saturated carbocycles. The van der Waals surface area contributed by atoms with Gasteiger partial charge in [0.25, 0.3) is 0 Å². The van der Waals surface area contributed by atoms with Gasteiger partial charge < -0.3 is 4.98 Å². The standard InChI is InChI=1S/C14H5Cl2N3O2/c15-11-3-7(17-5-20)1-9-10-2-8(18-6-21)4-12(16)14(10)19-13(9)11/h1-4,19H. The van der Waals surface area contributed by atoms with E-state index in [1.165, 1.54) is 12.2 Å². The first-order valence-corrected chi connectivity index (χ1v) is 6.50. The van der Waals surface area contributed by atoms with Gasteiger partial charge in [-0.1, -0.05) is 23.2 Å². The number of carbonyl (C=O) groups excluding carboxylic acids is 2. The van der Waals surface area contributed by atoms with Crippen LogP contribution in [0.15, 0.2) is 34.3 Å². The van der Waals surface area contributed by atoms with Crippen LogP contribution in [-0.4, -0.2) is 17.1 Å². The van der Waals surface area contributed by atoms with Crippen LogP contribution in [0.2, 0.25) is 10.0 Å². The number of hydrogen-bond acceptors (Lipinski definition) is 4. The number of H-pyrrole nitrogens is 1. The fraction of sp³-hybridized carbons (Fsp3) is 0. The largest absolute Gasteiger partial charge is 0.352 e. The lowest BCUT2D eigenvalue weighted by Gasteiger charge is -1.97. The molecule has 0 saturated heterocycles. The van der Waals surface area contributed by atoms with Crippen molar-refractivity contribution in [2.75, 3.05) is 0 Å². The summed E-state index contributed by atoms with van der Waals surface area (Å²) in [6.07, 6.45) is 2.94. The first-order valence-electron chi connectivity index (χ1n) is 5.74. The molecule has 1 aromatic heterocycles. The lowest BCUT2D eigenvalue weighted by Crippen LogP contribution is -1.72. The van der Waals surface area contributed by atoms with Crippen molar-refractivity contribution in [2.45, 2.75) is 0 Å². The molecule has 0 aliphatic heterocycles. The Morgan fingerprint density at radius 2 is 1.24 bits per heavy atom. The van der Waals surface area contributed by atoms with Crippen LogP contribution >= 0.6 is 23.2 Å². The van der Waals surface area contributed by atoms with Crippen LogP contribution in [0.25, 0.3) is 21.8 Å². The van der Waals surface area contributed by atoms with Gasteiger partial charge in [-0.3, -0.25) is 0 Å². The summed E-state index contributed by atoms with van der Waals surface area (Å²) >= 11 is 12.3. The van der Waals surface area contributed by atoms with Crippen molar-refractivity contribution in [1.29, 1.82) is 0 Å². The SMILES string of the molecule is O=C=Nc1cc(Cl)c2[nH]c3c(Cl)cc(N=C=O)cc3c2c1. The molecule has 21 heavy (non-hydrogen) atoms. The minimum absolute atomic E-state index is 0.379. The molecule has 3 aromatic rings. The van der Waals surface area contributed by atoms with Gasteiger partial charge in [0.1, 0.15) is 0 Å². The zero-order valence-corrected chi connectivity index (χ0v) is 11.8. The highest BCUT2D eigenvalue weighted by atomic mass is 35.5. The average Bonchev–Trinajstić information content (AvgIpc) is 2.80. The molecule has 0 bridgehead atoms. The Bertz CT molecular complexity index is 903. The van der Waals surface area contributed by atoms with Crippen LogP contribution in [0.3, 0.4) is 0 Å². The second-order valence-electron chi connectivity index (χ2n) is 4.23. The van der Waals surface area contributed by atoms with Crippen molar-refractivity contribution in [1.82, 2.24) is 4.98 Å². The van der Waals surface area contributed by atoms with E-state index >= 15 is 0 Å². The van der Waals surface area contributed by atoms with E-state index in [4.69, 9.17) is 23.2 Å². The van der Waals surface area contributed by atoms with Crippen molar-refractivity contribution in [3.63, 3.8) is 0 Å².